The van der Waals surface area contributed by atoms with Crippen LogP contribution in [0, 0.1) is 6.57 Å². The molecule has 0 aliphatic rings. The van der Waals surface area contributed by atoms with Crippen molar-refractivity contribution in [2.24, 2.45) is 0 Å². The Kier molecular flexibility index (Phi) is 3.72. The van der Waals surface area contributed by atoms with Gasteiger partial charge < -0.3 is 9.47 Å². The first-order valence-corrected chi connectivity index (χ1v) is 5.27. The molecule has 0 atom stereocenters. The quantitative estimate of drug-likeness (QED) is 0.772. The highest BCUT2D eigenvalue weighted by Gasteiger charge is 2.04. The number of pyridine rings is 2. The topological polar surface area (TPSA) is 48.6 Å². The van der Waals surface area contributed by atoms with Gasteiger partial charge in [0.15, 0.2) is 0 Å². The average molecular weight is 241 g/mol. The van der Waals surface area contributed by atoms with Crippen LogP contribution in [-0.4, -0.2) is 17.1 Å². The zero-order valence-corrected chi connectivity index (χ0v) is 9.83. The van der Waals surface area contributed by atoms with Gasteiger partial charge in [-0.15, -0.1) is 0 Å². The van der Waals surface area contributed by atoms with Gasteiger partial charge in [-0.2, -0.15) is 0 Å². The number of aromatic nitrogens is 2. The molecule has 0 radical (unpaired) electrons. The number of ether oxygens (including phenoxy) is 2. The van der Waals surface area contributed by atoms with E-state index in [4.69, 9.17) is 16.0 Å². The fourth-order valence-electron chi connectivity index (χ4n) is 1.38. The van der Waals surface area contributed by atoms with Gasteiger partial charge in [-0.1, -0.05) is 6.07 Å². The first kappa shape index (κ1) is 11.9. The monoisotopic (exact) mass is 241 g/mol. The summed E-state index contributed by atoms with van der Waals surface area (Å²) in [6.07, 6.45) is 3.08. The van der Waals surface area contributed by atoms with E-state index in [1.807, 2.05) is 12.1 Å². The molecule has 2 aromatic rings. The largest absolute Gasteiger partial charge is 0.497 e. The summed E-state index contributed by atoms with van der Waals surface area (Å²) in [7, 11) is 1.56. The number of methoxy groups -OCH3 is 1. The van der Waals surface area contributed by atoms with E-state index in [1.165, 1.54) is 6.20 Å². The fourth-order valence-corrected chi connectivity index (χ4v) is 1.38. The Hall–Kier alpha value is -2.61. The van der Waals surface area contributed by atoms with Gasteiger partial charge in [-0.25, -0.2) is 9.83 Å². The van der Waals surface area contributed by atoms with Gasteiger partial charge in [-0.05, 0) is 12.1 Å². The molecule has 90 valence electrons. The number of rotatable bonds is 4. The Bertz CT molecular complexity index is 578. The van der Waals surface area contributed by atoms with Crippen LogP contribution in [0.1, 0.15) is 5.69 Å². The van der Waals surface area contributed by atoms with Crippen LogP contribution in [0.2, 0.25) is 0 Å². The van der Waals surface area contributed by atoms with Crippen molar-refractivity contribution in [3.63, 3.8) is 0 Å². The van der Waals surface area contributed by atoms with Crippen molar-refractivity contribution in [3.05, 3.63) is 53.8 Å². The molecule has 2 aromatic heterocycles. The highest BCUT2D eigenvalue weighted by atomic mass is 16.5. The van der Waals surface area contributed by atoms with E-state index < -0.39 is 0 Å². The molecule has 0 N–H and O–H groups in total. The molecule has 18 heavy (non-hydrogen) atoms. The molecule has 0 aliphatic heterocycles. The summed E-state index contributed by atoms with van der Waals surface area (Å²) in [5.41, 5.74) is 1.17. The minimum Gasteiger partial charge on any atom is -0.497 e. The van der Waals surface area contributed by atoms with Gasteiger partial charge in [0, 0.05) is 12.3 Å². The highest BCUT2D eigenvalue weighted by Crippen LogP contribution is 2.26. The summed E-state index contributed by atoms with van der Waals surface area (Å²) in [6, 6.07) is 7.04. The molecule has 0 bridgehead atoms. The molecule has 0 spiro atoms. The highest BCUT2D eigenvalue weighted by molar-refractivity contribution is 5.55. The summed E-state index contributed by atoms with van der Waals surface area (Å²) in [4.78, 5) is 11.5. The van der Waals surface area contributed by atoms with Gasteiger partial charge in [0.05, 0.1) is 25.6 Å². The lowest BCUT2D eigenvalue weighted by Crippen LogP contribution is -1.99. The molecule has 5 nitrogen and oxygen atoms in total. The maximum absolute atomic E-state index is 7.01. The Morgan fingerprint density at radius 2 is 2.22 bits per heavy atom. The summed E-state index contributed by atoms with van der Waals surface area (Å²) in [5, 5.41) is 0. The smallest absolute Gasteiger partial charge is 0.231 e. The predicted molar refractivity (Wildman–Crippen MR) is 65.6 cm³/mol. The van der Waals surface area contributed by atoms with Crippen LogP contribution in [0.4, 0.5) is 5.69 Å². The first-order valence-electron chi connectivity index (χ1n) is 5.27. The minimum absolute atomic E-state index is 0.269. The van der Waals surface area contributed by atoms with E-state index in [0.29, 0.717) is 17.3 Å². The van der Waals surface area contributed by atoms with Crippen LogP contribution in [0.3, 0.4) is 0 Å². The van der Waals surface area contributed by atoms with Gasteiger partial charge in [0.1, 0.15) is 12.4 Å². The van der Waals surface area contributed by atoms with E-state index >= 15 is 0 Å². The third-order valence-electron chi connectivity index (χ3n) is 2.25. The third-order valence-corrected chi connectivity index (χ3v) is 2.25. The number of nitrogens with zero attached hydrogens (tertiary/aromatic N) is 3. The molecule has 0 fully saturated rings. The molecule has 0 aromatic carbocycles. The average Bonchev–Trinajstić information content (AvgIpc) is 2.45. The van der Waals surface area contributed by atoms with Crippen LogP contribution >= 0.6 is 0 Å². The van der Waals surface area contributed by atoms with Crippen molar-refractivity contribution in [1.82, 2.24) is 9.97 Å². The molecule has 0 amide bonds. The molecular weight excluding hydrogens is 230 g/mol. The van der Waals surface area contributed by atoms with Crippen LogP contribution in [0.15, 0.2) is 36.7 Å². The summed E-state index contributed by atoms with van der Waals surface area (Å²) in [6.45, 7) is 7.28. The van der Waals surface area contributed by atoms with E-state index in [-0.39, 0.29) is 6.61 Å². The second-order valence-electron chi connectivity index (χ2n) is 3.42. The SMILES string of the molecule is [C-]#[N+]c1ccncc1OCc1cccc(OC)n1. The van der Waals surface area contributed by atoms with Crippen molar-refractivity contribution < 1.29 is 9.47 Å². The minimum atomic E-state index is 0.269. The Morgan fingerprint density at radius 3 is 3.00 bits per heavy atom. The van der Waals surface area contributed by atoms with Crippen molar-refractivity contribution >= 4 is 5.69 Å². The number of hydrogen-bond acceptors (Lipinski definition) is 4. The summed E-state index contributed by atoms with van der Waals surface area (Å²) < 4.78 is 10.5. The summed E-state index contributed by atoms with van der Waals surface area (Å²) >= 11 is 0. The van der Waals surface area contributed by atoms with E-state index in [2.05, 4.69) is 14.8 Å². The molecule has 0 unspecified atom stereocenters. The molecule has 0 saturated heterocycles. The predicted octanol–water partition coefficient (Wildman–Crippen LogP) is 2.61. The van der Waals surface area contributed by atoms with Crippen molar-refractivity contribution in [1.29, 1.82) is 0 Å². The molecule has 0 aliphatic carbocycles. The lowest BCUT2D eigenvalue weighted by Gasteiger charge is -2.07. The van der Waals surface area contributed by atoms with Gasteiger partial charge in [-0.3, -0.25) is 4.98 Å². The maximum atomic E-state index is 7.01. The zero-order valence-electron chi connectivity index (χ0n) is 9.83. The van der Waals surface area contributed by atoms with Crippen LogP contribution in [0.5, 0.6) is 11.6 Å². The Balaban J connectivity index is 2.09. The molecule has 2 heterocycles. The molecular formula is C13H11N3O2. The number of hydrogen-bond donors (Lipinski definition) is 0. The van der Waals surface area contributed by atoms with Crippen molar-refractivity contribution in [2.75, 3.05) is 7.11 Å². The second-order valence-corrected chi connectivity index (χ2v) is 3.42. The standard InChI is InChI=1S/C13H11N3O2/c1-14-11-6-7-15-8-12(11)18-9-10-4-3-5-13(16-10)17-2/h3-8H,9H2,2H3. The van der Waals surface area contributed by atoms with Gasteiger partial charge >= 0.3 is 0 Å². The first-order chi connectivity index (χ1) is 8.83. The Labute approximate surface area is 105 Å². The van der Waals surface area contributed by atoms with Crippen LogP contribution in [0.25, 0.3) is 4.85 Å². The second kappa shape index (κ2) is 5.64. The molecule has 5 heteroatoms. The lowest BCUT2D eigenvalue weighted by atomic mass is 10.3. The van der Waals surface area contributed by atoms with Crippen molar-refractivity contribution in [3.8, 4) is 11.6 Å². The van der Waals surface area contributed by atoms with E-state index in [1.54, 1.807) is 25.4 Å². The molecule has 0 saturated carbocycles. The van der Waals surface area contributed by atoms with Crippen LogP contribution < -0.4 is 9.47 Å². The van der Waals surface area contributed by atoms with Gasteiger partial charge in [0.2, 0.25) is 11.6 Å². The van der Waals surface area contributed by atoms with E-state index in [9.17, 15) is 0 Å². The lowest BCUT2D eigenvalue weighted by molar-refractivity contribution is 0.299. The normalized spacial score (nSPS) is 9.56. The van der Waals surface area contributed by atoms with Crippen LogP contribution in [-0.2, 0) is 6.61 Å². The van der Waals surface area contributed by atoms with E-state index in [0.717, 1.165) is 5.69 Å². The summed E-state index contributed by atoms with van der Waals surface area (Å²) in [5.74, 6) is 0.991. The zero-order chi connectivity index (χ0) is 12.8. The van der Waals surface area contributed by atoms with Gasteiger partial charge in [0.25, 0.3) is 0 Å². The molecule has 2 rings (SSSR count). The van der Waals surface area contributed by atoms with Crippen molar-refractivity contribution in [2.45, 2.75) is 6.61 Å². The Morgan fingerprint density at radius 1 is 1.33 bits per heavy atom. The maximum Gasteiger partial charge on any atom is 0.231 e. The fraction of sp³-hybridized carbons (Fsp3) is 0.154. The third kappa shape index (κ3) is 2.74.